The van der Waals surface area contributed by atoms with Crippen molar-refractivity contribution in [2.45, 2.75) is 0 Å². The van der Waals surface area contributed by atoms with E-state index >= 15 is 0 Å². The van der Waals surface area contributed by atoms with Gasteiger partial charge in [0.25, 0.3) is 0 Å². The molecule has 0 amide bonds. The first-order chi connectivity index (χ1) is 22.2. The summed E-state index contributed by atoms with van der Waals surface area (Å²) in [5.41, 5.74) is 4.93. The van der Waals surface area contributed by atoms with Crippen molar-refractivity contribution in [3.05, 3.63) is 186 Å². The van der Waals surface area contributed by atoms with Crippen LogP contribution in [0.15, 0.2) is 180 Å². The van der Waals surface area contributed by atoms with Gasteiger partial charge in [0.15, 0.2) is 0 Å². The van der Waals surface area contributed by atoms with Crippen LogP contribution in [-0.4, -0.2) is 8.07 Å². The molecule has 0 spiro atoms. The molecular weight excluding hydrogens is 645 g/mol. The maximum absolute atomic E-state index is 3.95. The molecule has 0 radical (unpaired) electrons. The zero-order valence-corrected chi connectivity index (χ0v) is 27.9. The summed E-state index contributed by atoms with van der Waals surface area (Å²) in [6.45, 7) is 0. The average molecular weight is 673 g/mol. The van der Waals surface area contributed by atoms with E-state index in [0.717, 1.165) is 4.47 Å². The smallest absolute Gasteiger partial charge is 0.135 e. The predicted octanol–water partition coefficient (Wildman–Crippen LogP) is 10.0. The van der Waals surface area contributed by atoms with Gasteiger partial charge in [-0.25, -0.2) is 0 Å². The number of fused-ring (bicyclic) bond motifs is 3. The number of thiophene rings is 1. The van der Waals surface area contributed by atoms with Crippen LogP contribution in [0.3, 0.4) is 0 Å². The third-order valence-corrected chi connectivity index (χ3v) is 15.2. The summed E-state index contributed by atoms with van der Waals surface area (Å²) in [5, 5.41) is 8.05. The van der Waals surface area contributed by atoms with Crippen LogP contribution in [0.5, 0.6) is 0 Å². The van der Waals surface area contributed by atoms with E-state index in [0.29, 0.717) is 0 Å². The van der Waals surface area contributed by atoms with Gasteiger partial charge in [-0.05, 0) is 62.1 Å². The van der Waals surface area contributed by atoms with E-state index in [1.807, 2.05) is 11.3 Å². The molecule has 8 rings (SSSR count). The molecule has 7 aromatic rings. The van der Waals surface area contributed by atoms with Gasteiger partial charge in [0.1, 0.15) is 12.2 Å². The quantitative estimate of drug-likeness (QED) is 0.0938. The van der Waals surface area contributed by atoms with E-state index in [-0.39, 0.29) is 0 Å². The molecule has 0 bridgehead atoms. The van der Waals surface area contributed by atoms with Crippen molar-refractivity contribution < 1.29 is 0 Å². The normalized spacial score (nSPS) is 12.8. The van der Waals surface area contributed by atoms with Crippen molar-refractivity contribution in [2.75, 3.05) is 0 Å². The Morgan fingerprint density at radius 2 is 1.24 bits per heavy atom. The van der Waals surface area contributed by atoms with Gasteiger partial charge in [-0.3, -0.25) is 0 Å². The van der Waals surface area contributed by atoms with Crippen molar-refractivity contribution in [2.24, 2.45) is 0 Å². The summed E-state index contributed by atoms with van der Waals surface area (Å²) >= 11 is 5.84. The maximum atomic E-state index is 3.95. The summed E-state index contributed by atoms with van der Waals surface area (Å²) < 4.78 is 3.75. The Balaban J connectivity index is 1.34. The number of allylic oxidation sites excluding steroid dienone is 6. The summed E-state index contributed by atoms with van der Waals surface area (Å²) in [7, 11) is -2.68. The molecule has 0 atom stereocenters. The van der Waals surface area contributed by atoms with Crippen LogP contribution in [0, 0.1) is 6.08 Å². The minimum atomic E-state index is -2.68. The third-order valence-electron chi connectivity index (χ3n) is 8.81. The van der Waals surface area contributed by atoms with E-state index in [4.69, 9.17) is 0 Å². The molecule has 212 valence electrons. The van der Waals surface area contributed by atoms with Gasteiger partial charge in [-0.15, -0.1) is 11.3 Å². The van der Waals surface area contributed by atoms with E-state index in [2.05, 4.69) is 192 Å². The van der Waals surface area contributed by atoms with Crippen molar-refractivity contribution in [3.63, 3.8) is 0 Å². The SMILES string of the molecule is Brc1cc(-c2cccc(-c3cccc4c3sc3ccccc34)c2)cc([Si](C2=CC=[C+]C=C2)(c2ccccc2)c2ccccc2)c1. The Morgan fingerprint density at radius 1 is 0.556 bits per heavy atom. The number of benzene rings is 6. The molecule has 6 aromatic carbocycles. The van der Waals surface area contributed by atoms with E-state index in [1.165, 1.54) is 63.2 Å². The fourth-order valence-electron chi connectivity index (χ4n) is 6.83. The molecular formula is C42H28BrSSi+. The van der Waals surface area contributed by atoms with Gasteiger partial charge in [-0.2, -0.15) is 0 Å². The van der Waals surface area contributed by atoms with Crippen LogP contribution in [-0.2, 0) is 0 Å². The van der Waals surface area contributed by atoms with Crippen molar-refractivity contribution in [1.82, 2.24) is 0 Å². The zero-order valence-electron chi connectivity index (χ0n) is 24.5. The van der Waals surface area contributed by atoms with Crippen molar-refractivity contribution in [3.8, 4) is 22.3 Å². The highest BCUT2D eigenvalue weighted by molar-refractivity contribution is 9.10. The average Bonchev–Trinajstić information content (AvgIpc) is 3.49. The van der Waals surface area contributed by atoms with Crippen LogP contribution in [0.1, 0.15) is 0 Å². The van der Waals surface area contributed by atoms with Gasteiger partial charge in [0.05, 0.1) is 5.20 Å². The van der Waals surface area contributed by atoms with Gasteiger partial charge in [-0.1, -0.05) is 137 Å². The van der Waals surface area contributed by atoms with E-state index < -0.39 is 8.07 Å². The summed E-state index contributed by atoms with van der Waals surface area (Å²) in [4.78, 5) is 0. The number of rotatable bonds is 6. The number of hydrogen-bond acceptors (Lipinski definition) is 1. The van der Waals surface area contributed by atoms with Crippen LogP contribution < -0.4 is 15.6 Å². The Morgan fingerprint density at radius 3 is 2.00 bits per heavy atom. The minimum Gasteiger partial charge on any atom is -0.135 e. The second-order valence-electron chi connectivity index (χ2n) is 11.4. The Labute approximate surface area is 277 Å². The second kappa shape index (κ2) is 11.7. The van der Waals surface area contributed by atoms with Crippen LogP contribution in [0.2, 0.25) is 0 Å². The second-order valence-corrected chi connectivity index (χ2v) is 17.1. The standard InChI is InChI=1S/C42H28BrSSi/c43-33-27-32(30-14-12-15-31(26-30)38-23-13-24-40-39-22-10-11-25-41(39)44-42(38)40)28-37(29-33)45(34-16-4-1-5-17-34,35-18-6-2-7-19-35)36-20-8-3-9-21-36/h1-2,4-29H/q+1. The predicted molar refractivity (Wildman–Crippen MR) is 200 cm³/mol. The zero-order chi connectivity index (χ0) is 30.2. The molecule has 0 saturated heterocycles. The number of hydrogen-bond donors (Lipinski definition) is 0. The molecule has 1 aliphatic carbocycles. The Kier molecular flexibility index (Phi) is 7.25. The lowest BCUT2D eigenvalue weighted by atomic mass is 9.98. The number of halogens is 1. The lowest BCUT2D eigenvalue weighted by Crippen LogP contribution is -2.68. The minimum absolute atomic E-state index is 1.08. The molecule has 0 saturated carbocycles. The molecule has 0 unspecified atom stereocenters. The largest absolute Gasteiger partial charge is 0.212 e. The molecule has 0 nitrogen and oxygen atoms in total. The van der Waals surface area contributed by atoms with Crippen molar-refractivity contribution in [1.29, 1.82) is 0 Å². The fourth-order valence-corrected chi connectivity index (χ4v) is 13.6. The Bertz CT molecular complexity index is 2240. The summed E-state index contributed by atoms with van der Waals surface area (Å²) in [6.07, 6.45) is 11.9. The first-order valence-corrected chi connectivity index (χ1v) is 18.7. The lowest BCUT2D eigenvalue weighted by Gasteiger charge is -2.33. The highest BCUT2D eigenvalue weighted by Crippen LogP contribution is 2.40. The fraction of sp³-hybridized carbons (Fsp3) is 0. The van der Waals surface area contributed by atoms with Gasteiger partial charge >= 0.3 is 0 Å². The molecule has 1 heterocycles. The van der Waals surface area contributed by atoms with Gasteiger partial charge in [0, 0.05) is 42.9 Å². The molecule has 0 fully saturated rings. The molecule has 0 aliphatic heterocycles. The first-order valence-electron chi connectivity index (χ1n) is 15.1. The highest BCUT2D eigenvalue weighted by atomic mass is 79.9. The first kappa shape index (κ1) is 27.9. The monoisotopic (exact) mass is 671 g/mol. The molecule has 1 aliphatic rings. The highest BCUT2D eigenvalue weighted by Gasteiger charge is 2.45. The molecule has 1 aromatic heterocycles. The summed E-state index contributed by atoms with van der Waals surface area (Å²) in [5.74, 6) is 0. The lowest BCUT2D eigenvalue weighted by molar-refractivity contribution is 1.58. The van der Waals surface area contributed by atoms with Gasteiger partial charge < -0.3 is 0 Å². The van der Waals surface area contributed by atoms with Crippen molar-refractivity contribution >= 4 is 71.1 Å². The van der Waals surface area contributed by atoms with E-state index in [1.54, 1.807) is 0 Å². The van der Waals surface area contributed by atoms with Crippen LogP contribution >= 0.6 is 27.3 Å². The third kappa shape index (κ3) is 4.86. The van der Waals surface area contributed by atoms with E-state index in [9.17, 15) is 0 Å². The molecule has 0 N–H and O–H groups in total. The summed E-state index contributed by atoms with van der Waals surface area (Å²) in [6, 6.07) is 53.7. The maximum Gasteiger partial charge on any atom is 0.212 e. The van der Waals surface area contributed by atoms with Crippen LogP contribution in [0.4, 0.5) is 0 Å². The van der Waals surface area contributed by atoms with Gasteiger partial charge in [0.2, 0.25) is 8.07 Å². The van der Waals surface area contributed by atoms with Crippen LogP contribution in [0.25, 0.3) is 42.4 Å². The molecule has 45 heavy (non-hydrogen) atoms. The molecule has 3 heteroatoms. The Hall–Kier alpha value is -4.63. The topological polar surface area (TPSA) is 0 Å².